The lowest BCUT2D eigenvalue weighted by molar-refractivity contribution is 0.950. The Hall–Kier alpha value is -0.800. The molecule has 1 saturated heterocycles. The molecule has 0 saturated carbocycles. The summed E-state index contributed by atoms with van der Waals surface area (Å²) in [6.45, 7) is 2.27. The van der Waals surface area contributed by atoms with Gasteiger partial charge in [-0.2, -0.15) is 0 Å². The van der Waals surface area contributed by atoms with Gasteiger partial charge in [0.1, 0.15) is 0 Å². The third-order valence-electron chi connectivity index (χ3n) is 3.49. The highest BCUT2D eigenvalue weighted by Crippen LogP contribution is 2.38. The molecule has 0 aliphatic carbocycles. The Morgan fingerprint density at radius 1 is 0.619 bits per heavy atom. The molecule has 0 atom stereocenters. The van der Waals surface area contributed by atoms with Crippen LogP contribution in [0.4, 0.5) is 11.4 Å². The molecule has 0 aromatic heterocycles. The van der Waals surface area contributed by atoms with Crippen molar-refractivity contribution in [1.29, 1.82) is 0 Å². The second-order valence-electron chi connectivity index (χ2n) is 4.81. The van der Waals surface area contributed by atoms with E-state index in [0.29, 0.717) is 26.8 Å². The van der Waals surface area contributed by atoms with E-state index in [1.54, 1.807) is 0 Å². The second-order valence-corrected chi connectivity index (χ2v) is 6.44. The highest BCUT2D eigenvalue weighted by atomic mass is 35.5. The van der Waals surface area contributed by atoms with Crippen molar-refractivity contribution in [2.45, 2.75) is 0 Å². The normalized spacial score (nSPS) is 14.9. The van der Waals surface area contributed by atoms with Crippen LogP contribution in [0.2, 0.25) is 20.1 Å². The van der Waals surface area contributed by atoms with E-state index >= 15 is 0 Å². The van der Waals surface area contributed by atoms with E-state index in [4.69, 9.17) is 46.4 Å². The average Bonchev–Trinajstić information content (AvgIpc) is 2.87. The van der Waals surface area contributed by atoms with Crippen molar-refractivity contribution in [3.63, 3.8) is 0 Å². The van der Waals surface area contributed by atoms with E-state index in [-0.39, 0.29) is 0 Å². The maximum Gasteiger partial charge on any atom is 0.0906 e. The van der Waals surface area contributed by atoms with Crippen molar-refractivity contribution in [2.24, 2.45) is 0 Å². The minimum atomic E-state index is 0.646. The maximum atomic E-state index is 6.27. The Morgan fingerprint density at radius 3 is 1.29 bits per heavy atom. The number of benzene rings is 2. The standard InChI is InChI=1S/C15H12Cl4N2/c16-10-3-1-4-11(17)14(10)20-7-8-21(9-20)15-12(18)5-2-6-13(15)19/h1-6H,7-9H2. The monoisotopic (exact) mass is 360 g/mol. The minimum Gasteiger partial charge on any atom is -0.350 e. The third kappa shape index (κ3) is 2.91. The first-order chi connectivity index (χ1) is 10.1. The molecule has 110 valence electrons. The Kier molecular flexibility index (Phi) is 4.41. The van der Waals surface area contributed by atoms with Gasteiger partial charge in [-0.3, -0.25) is 0 Å². The summed E-state index contributed by atoms with van der Waals surface area (Å²) in [5.41, 5.74) is 1.71. The van der Waals surface area contributed by atoms with Gasteiger partial charge in [-0.25, -0.2) is 0 Å². The Balaban J connectivity index is 1.89. The molecule has 0 bridgehead atoms. The molecule has 0 N–H and O–H groups in total. The van der Waals surface area contributed by atoms with Crippen LogP contribution in [0.1, 0.15) is 0 Å². The van der Waals surface area contributed by atoms with E-state index in [2.05, 4.69) is 9.80 Å². The smallest absolute Gasteiger partial charge is 0.0906 e. The van der Waals surface area contributed by atoms with Gasteiger partial charge in [-0.05, 0) is 24.3 Å². The number of hydrogen-bond donors (Lipinski definition) is 0. The SMILES string of the molecule is Clc1cccc(Cl)c1N1CCN(c2c(Cl)cccc2Cl)C1. The van der Waals surface area contributed by atoms with E-state index in [0.717, 1.165) is 24.5 Å². The predicted molar refractivity (Wildman–Crippen MR) is 92.5 cm³/mol. The first-order valence-electron chi connectivity index (χ1n) is 6.46. The van der Waals surface area contributed by atoms with Gasteiger partial charge >= 0.3 is 0 Å². The number of halogens is 4. The van der Waals surface area contributed by atoms with Gasteiger partial charge in [-0.1, -0.05) is 58.5 Å². The lowest BCUT2D eigenvalue weighted by atomic mass is 10.3. The molecule has 0 amide bonds. The van der Waals surface area contributed by atoms with Crippen LogP contribution in [0.15, 0.2) is 36.4 Å². The van der Waals surface area contributed by atoms with E-state index in [1.165, 1.54) is 0 Å². The van der Waals surface area contributed by atoms with E-state index in [9.17, 15) is 0 Å². The molecule has 3 rings (SSSR count). The van der Waals surface area contributed by atoms with Crippen LogP contribution in [-0.4, -0.2) is 19.8 Å². The summed E-state index contributed by atoms with van der Waals surface area (Å²) in [5, 5.41) is 2.59. The van der Waals surface area contributed by atoms with Crippen LogP contribution in [0.5, 0.6) is 0 Å². The highest BCUT2D eigenvalue weighted by molar-refractivity contribution is 6.40. The molecule has 0 spiro atoms. The molecular formula is C15H12Cl4N2. The zero-order valence-corrected chi connectivity index (χ0v) is 14.0. The van der Waals surface area contributed by atoms with Crippen LogP contribution >= 0.6 is 46.4 Å². The van der Waals surface area contributed by atoms with Crippen LogP contribution in [0.25, 0.3) is 0 Å². The summed E-state index contributed by atoms with van der Waals surface area (Å²) in [6.07, 6.45) is 0. The number of anilines is 2. The van der Waals surface area contributed by atoms with Crippen LogP contribution < -0.4 is 9.80 Å². The Bertz CT molecular complexity index is 577. The van der Waals surface area contributed by atoms with Gasteiger partial charge in [0.2, 0.25) is 0 Å². The average molecular weight is 362 g/mol. The van der Waals surface area contributed by atoms with Gasteiger partial charge in [0.15, 0.2) is 0 Å². The van der Waals surface area contributed by atoms with E-state index in [1.807, 2.05) is 36.4 Å². The largest absolute Gasteiger partial charge is 0.350 e. The van der Waals surface area contributed by atoms with Crippen LogP contribution in [-0.2, 0) is 0 Å². The molecule has 2 nitrogen and oxygen atoms in total. The molecule has 1 heterocycles. The molecule has 0 radical (unpaired) electrons. The molecule has 2 aromatic carbocycles. The van der Waals surface area contributed by atoms with Gasteiger partial charge in [0.05, 0.1) is 38.1 Å². The molecule has 1 aliphatic rings. The summed E-state index contributed by atoms with van der Waals surface area (Å²) < 4.78 is 0. The predicted octanol–water partition coefficient (Wildman–Crippen LogP) is 5.58. The second kappa shape index (κ2) is 6.13. The molecule has 1 aliphatic heterocycles. The summed E-state index contributed by atoms with van der Waals surface area (Å²) in [6, 6.07) is 11.0. The Labute approximate surface area is 143 Å². The fraction of sp³-hybridized carbons (Fsp3) is 0.200. The molecule has 2 aromatic rings. The Morgan fingerprint density at radius 2 is 0.952 bits per heavy atom. The minimum absolute atomic E-state index is 0.646. The molecular weight excluding hydrogens is 350 g/mol. The summed E-state index contributed by atoms with van der Waals surface area (Å²) in [4.78, 5) is 4.26. The van der Waals surface area contributed by atoms with Crippen molar-refractivity contribution in [3.05, 3.63) is 56.5 Å². The summed E-state index contributed by atoms with van der Waals surface area (Å²) in [5.74, 6) is 0. The first-order valence-corrected chi connectivity index (χ1v) is 7.97. The van der Waals surface area contributed by atoms with Gasteiger partial charge in [0.25, 0.3) is 0 Å². The quantitative estimate of drug-likeness (QED) is 0.688. The van der Waals surface area contributed by atoms with Crippen LogP contribution in [0, 0.1) is 0 Å². The number of para-hydroxylation sites is 2. The number of rotatable bonds is 2. The van der Waals surface area contributed by atoms with Crippen molar-refractivity contribution in [1.82, 2.24) is 0 Å². The summed E-state index contributed by atoms with van der Waals surface area (Å²) in [7, 11) is 0. The van der Waals surface area contributed by atoms with Crippen molar-refractivity contribution in [2.75, 3.05) is 29.6 Å². The maximum absolute atomic E-state index is 6.27. The number of hydrogen-bond acceptors (Lipinski definition) is 2. The van der Waals surface area contributed by atoms with Crippen molar-refractivity contribution in [3.8, 4) is 0 Å². The summed E-state index contributed by atoms with van der Waals surface area (Å²) >= 11 is 25.1. The van der Waals surface area contributed by atoms with Gasteiger partial charge < -0.3 is 9.80 Å². The first kappa shape index (κ1) is 15.1. The molecule has 0 unspecified atom stereocenters. The number of nitrogens with zero attached hydrogens (tertiary/aromatic N) is 2. The van der Waals surface area contributed by atoms with Crippen molar-refractivity contribution < 1.29 is 0 Å². The van der Waals surface area contributed by atoms with Crippen molar-refractivity contribution >= 4 is 57.8 Å². The topological polar surface area (TPSA) is 6.48 Å². The van der Waals surface area contributed by atoms with Gasteiger partial charge in [0, 0.05) is 13.1 Å². The van der Waals surface area contributed by atoms with Crippen LogP contribution in [0.3, 0.4) is 0 Å². The fourth-order valence-corrected chi connectivity index (χ4v) is 3.81. The molecule has 6 heteroatoms. The zero-order valence-electron chi connectivity index (χ0n) is 11.0. The van der Waals surface area contributed by atoms with Gasteiger partial charge in [-0.15, -0.1) is 0 Å². The highest BCUT2D eigenvalue weighted by Gasteiger charge is 2.26. The zero-order chi connectivity index (χ0) is 15.0. The third-order valence-corrected chi connectivity index (χ3v) is 4.71. The lowest BCUT2D eigenvalue weighted by Gasteiger charge is -2.24. The van der Waals surface area contributed by atoms with E-state index < -0.39 is 0 Å². The molecule has 1 fully saturated rings. The molecule has 21 heavy (non-hydrogen) atoms. The fourth-order valence-electron chi connectivity index (χ4n) is 2.54. The lowest BCUT2D eigenvalue weighted by Crippen LogP contribution is -2.25.